The third-order valence-electron chi connectivity index (χ3n) is 3.68. The van der Waals surface area contributed by atoms with Gasteiger partial charge in [-0.15, -0.1) is 29.3 Å². The molecular weight excluding hydrogens is 388 g/mol. The fourth-order valence-electron chi connectivity index (χ4n) is 2.45. The van der Waals surface area contributed by atoms with Crippen molar-refractivity contribution in [3.05, 3.63) is 45.5 Å². The molecule has 9 heteroatoms. The number of hydrogen-bond donors (Lipinski definition) is 0. The fraction of sp³-hybridized carbons (Fsp3) is 0.294. The van der Waals surface area contributed by atoms with E-state index in [1.807, 2.05) is 17.7 Å². The molecule has 0 bridgehead atoms. The zero-order chi connectivity index (χ0) is 18.7. The average molecular weight is 407 g/mol. The molecule has 0 aliphatic heterocycles. The lowest BCUT2D eigenvalue weighted by Crippen LogP contribution is -2.27. The highest BCUT2D eigenvalue weighted by Gasteiger charge is 2.15. The number of rotatable bonds is 7. The van der Waals surface area contributed by atoms with E-state index in [0.29, 0.717) is 34.5 Å². The molecule has 3 heterocycles. The summed E-state index contributed by atoms with van der Waals surface area (Å²) < 4.78 is 1.63. The Hall–Kier alpha value is -1.97. The molecule has 136 valence electrons. The minimum atomic E-state index is -0.0497. The van der Waals surface area contributed by atoms with E-state index in [4.69, 9.17) is 0 Å². The first kappa shape index (κ1) is 18.8. The van der Waals surface area contributed by atoms with Gasteiger partial charge in [0, 0.05) is 31.1 Å². The van der Waals surface area contributed by atoms with Crippen LogP contribution in [0, 0.1) is 0 Å². The van der Waals surface area contributed by atoms with Crippen molar-refractivity contribution in [1.82, 2.24) is 14.5 Å². The molecule has 0 N–H and O–H groups in total. The lowest BCUT2D eigenvalue weighted by Gasteiger charge is -2.14. The van der Waals surface area contributed by atoms with Crippen LogP contribution in [0.1, 0.15) is 19.5 Å². The number of hydrogen-bond acceptors (Lipinski definition) is 7. The van der Waals surface area contributed by atoms with Crippen molar-refractivity contribution >= 4 is 55.7 Å². The number of thiophene rings is 1. The summed E-state index contributed by atoms with van der Waals surface area (Å²) in [5.74, 6) is 0.553. The van der Waals surface area contributed by atoms with Crippen LogP contribution < -0.4 is 10.5 Å². The van der Waals surface area contributed by atoms with E-state index >= 15 is 0 Å². The number of allylic oxidation sites excluding steroid dienone is 1. The number of thioether (sulfide) groups is 1. The van der Waals surface area contributed by atoms with E-state index in [0.717, 1.165) is 10.5 Å². The van der Waals surface area contributed by atoms with Crippen molar-refractivity contribution < 1.29 is 4.79 Å². The zero-order valence-electron chi connectivity index (χ0n) is 14.5. The van der Waals surface area contributed by atoms with Crippen molar-refractivity contribution in [2.45, 2.75) is 31.3 Å². The Balaban J connectivity index is 1.85. The molecule has 3 rings (SSSR count). The highest BCUT2D eigenvalue weighted by atomic mass is 32.2. The standard InChI is InChI=1S/C17H18N4O2S3/c1-4-7-21-15(23)13-6-8-24-14(13)19-17(21)26-10-12-9-25-16(18-12)20(5-2)11(3)22/h4,6,8-9H,1,5,7,10H2,2-3H3. The zero-order valence-corrected chi connectivity index (χ0v) is 16.9. The maximum absolute atomic E-state index is 12.6. The monoisotopic (exact) mass is 406 g/mol. The molecule has 0 unspecified atom stereocenters. The molecule has 3 aromatic rings. The second kappa shape index (κ2) is 8.15. The lowest BCUT2D eigenvalue weighted by atomic mass is 10.4. The van der Waals surface area contributed by atoms with Gasteiger partial charge in [0.05, 0.1) is 11.1 Å². The van der Waals surface area contributed by atoms with Gasteiger partial charge in [-0.25, -0.2) is 9.97 Å². The number of thiazole rings is 1. The van der Waals surface area contributed by atoms with Gasteiger partial charge in [0.25, 0.3) is 5.56 Å². The molecule has 0 aromatic carbocycles. The summed E-state index contributed by atoms with van der Waals surface area (Å²) in [6.07, 6.45) is 1.69. The van der Waals surface area contributed by atoms with Gasteiger partial charge in [-0.1, -0.05) is 17.8 Å². The molecule has 6 nitrogen and oxygen atoms in total. The quantitative estimate of drug-likeness (QED) is 0.339. The van der Waals surface area contributed by atoms with E-state index in [2.05, 4.69) is 16.5 Å². The Morgan fingerprint density at radius 1 is 1.42 bits per heavy atom. The first-order valence-corrected chi connectivity index (χ1v) is 10.7. The van der Waals surface area contributed by atoms with Gasteiger partial charge in [-0.05, 0) is 18.4 Å². The number of amides is 1. The van der Waals surface area contributed by atoms with Crippen molar-refractivity contribution in [2.75, 3.05) is 11.4 Å². The highest BCUT2D eigenvalue weighted by molar-refractivity contribution is 7.98. The van der Waals surface area contributed by atoms with Gasteiger partial charge in [0.15, 0.2) is 10.3 Å². The molecule has 1 amide bonds. The molecule has 3 aromatic heterocycles. The summed E-state index contributed by atoms with van der Waals surface area (Å²) in [5, 5.41) is 5.80. The smallest absolute Gasteiger partial charge is 0.263 e. The second-order valence-electron chi connectivity index (χ2n) is 5.41. The molecule has 0 atom stereocenters. The van der Waals surface area contributed by atoms with Crippen LogP contribution in [0.2, 0.25) is 0 Å². The Morgan fingerprint density at radius 3 is 2.92 bits per heavy atom. The number of nitrogens with zero attached hydrogens (tertiary/aromatic N) is 4. The van der Waals surface area contributed by atoms with E-state index in [9.17, 15) is 9.59 Å². The van der Waals surface area contributed by atoms with Crippen LogP contribution in [0.15, 0.2) is 39.4 Å². The van der Waals surface area contributed by atoms with E-state index < -0.39 is 0 Å². The van der Waals surface area contributed by atoms with E-state index in [1.165, 1.54) is 41.4 Å². The van der Waals surface area contributed by atoms with E-state index in [1.54, 1.807) is 21.6 Å². The SMILES string of the molecule is C=CCn1c(SCc2csc(N(CC)C(C)=O)n2)nc2sccc2c1=O. The molecule has 0 radical (unpaired) electrons. The van der Waals surface area contributed by atoms with E-state index in [-0.39, 0.29) is 11.5 Å². The van der Waals surface area contributed by atoms with Crippen molar-refractivity contribution in [3.8, 4) is 0 Å². The number of anilines is 1. The van der Waals surface area contributed by atoms with Crippen LogP contribution in [0.25, 0.3) is 10.2 Å². The maximum Gasteiger partial charge on any atom is 0.263 e. The maximum atomic E-state index is 12.6. The second-order valence-corrected chi connectivity index (χ2v) is 8.09. The van der Waals surface area contributed by atoms with Gasteiger partial charge >= 0.3 is 0 Å². The Labute approximate surface area is 163 Å². The van der Waals surface area contributed by atoms with Crippen LogP contribution in [-0.2, 0) is 17.1 Å². The van der Waals surface area contributed by atoms with Gasteiger partial charge in [0.2, 0.25) is 5.91 Å². The molecule has 0 aliphatic rings. The summed E-state index contributed by atoms with van der Waals surface area (Å²) in [7, 11) is 0. The van der Waals surface area contributed by atoms with Crippen molar-refractivity contribution in [1.29, 1.82) is 0 Å². The Bertz CT molecular complexity index is 1010. The lowest BCUT2D eigenvalue weighted by molar-refractivity contribution is -0.116. The molecule has 0 aliphatic carbocycles. The molecule has 0 saturated heterocycles. The largest absolute Gasteiger partial charge is 0.289 e. The summed E-state index contributed by atoms with van der Waals surface area (Å²) in [5.41, 5.74) is 0.812. The predicted octanol–water partition coefficient (Wildman–Crippen LogP) is 3.77. The minimum Gasteiger partial charge on any atom is -0.289 e. The molecule has 0 fully saturated rings. The number of carbonyl (C=O) groups excluding carboxylic acids is 1. The highest BCUT2D eigenvalue weighted by Crippen LogP contribution is 2.27. The topological polar surface area (TPSA) is 68.1 Å². The van der Waals surface area contributed by atoms with Crippen LogP contribution in [-0.4, -0.2) is 27.0 Å². The molecular formula is C17H18N4O2S3. The first-order valence-electron chi connectivity index (χ1n) is 7.99. The van der Waals surface area contributed by atoms with Crippen molar-refractivity contribution in [3.63, 3.8) is 0 Å². The van der Waals surface area contributed by atoms with Crippen molar-refractivity contribution in [2.24, 2.45) is 0 Å². The fourth-order valence-corrected chi connectivity index (χ4v) is 5.19. The predicted molar refractivity (Wildman–Crippen MR) is 109 cm³/mol. The van der Waals surface area contributed by atoms with Gasteiger partial charge in [0.1, 0.15) is 4.83 Å². The number of fused-ring (bicyclic) bond motifs is 1. The molecule has 0 saturated carbocycles. The number of carbonyl (C=O) groups is 1. The first-order chi connectivity index (χ1) is 12.5. The Kier molecular flexibility index (Phi) is 5.90. The number of aromatic nitrogens is 3. The third kappa shape index (κ3) is 3.74. The summed E-state index contributed by atoms with van der Waals surface area (Å²) in [6, 6.07) is 1.80. The third-order valence-corrected chi connectivity index (χ3v) is 6.41. The summed E-state index contributed by atoms with van der Waals surface area (Å²) in [6.45, 7) is 8.19. The summed E-state index contributed by atoms with van der Waals surface area (Å²) >= 11 is 4.37. The van der Waals surface area contributed by atoms with Gasteiger partial charge < -0.3 is 0 Å². The van der Waals surface area contributed by atoms with Crippen LogP contribution in [0.3, 0.4) is 0 Å². The van der Waals surface area contributed by atoms with Gasteiger partial charge in [-0.2, -0.15) is 0 Å². The summed E-state index contributed by atoms with van der Waals surface area (Å²) in [4.78, 5) is 35.8. The minimum absolute atomic E-state index is 0.0225. The molecule has 0 spiro atoms. The Morgan fingerprint density at radius 2 is 2.23 bits per heavy atom. The van der Waals surface area contributed by atoms with Crippen LogP contribution in [0.4, 0.5) is 5.13 Å². The average Bonchev–Trinajstić information content (AvgIpc) is 3.26. The van der Waals surface area contributed by atoms with Crippen LogP contribution >= 0.6 is 34.4 Å². The molecule has 26 heavy (non-hydrogen) atoms. The van der Waals surface area contributed by atoms with Crippen LogP contribution in [0.5, 0.6) is 0 Å². The normalized spacial score (nSPS) is 11.0. The van der Waals surface area contributed by atoms with Gasteiger partial charge in [-0.3, -0.25) is 19.1 Å².